The summed E-state index contributed by atoms with van der Waals surface area (Å²) in [6.07, 6.45) is 7.37. The number of rotatable bonds is 6. The molecule has 178 valence electrons. The van der Waals surface area contributed by atoms with E-state index in [0.717, 1.165) is 66.4 Å². The highest BCUT2D eigenvalue weighted by atomic mass is 32.1. The van der Waals surface area contributed by atoms with E-state index in [2.05, 4.69) is 53.2 Å². The fraction of sp³-hybridized carbons (Fsp3) is 0.148. The lowest BCUT2D eigenvalue weighted by Gasteiger charge is -2.10. The smallest absolute Gasteiger partial charge is 0.181 e. The third-order valence-corrected chi connectivity index (χ3v) is 7.23. The normalized spacial score (nSPS) is 11.7. The van der Waals surface area contributed by atoms with Crippen molar-refractivity contribution in [2.45, 2.75) is 13.5 Å². The summed E-state index contributed by atoms with van der Waals surface area (Å²) in [6.45, 7) is 2.40. The number of thiophene rings is 1. The van der Waals surface area contributed by atoms with Crippen LogP contribution >= 0.6 is 11.3 Å². The lowest BCUT2D eigenvalue weighted by Crippen LogP contribution is -2.10. The number of H-pyrrole nitrogens is 2. The zero-order chi connectivity index (χ0) is 24.8. The standard InChI is InChI=1S/C27H23N7OS/c1-15(35)23-4-5-24(36-23)26-19-10-22(31-21(19)6-7-29-26)25-20-9-18(13-30-27(20)33-32-25)17-8-16(11-28-12-17)14-34(2)3/h4-13,31H,14H2,1-3H3,(H,30,32,33). The number of aromatic nitrogens is 6. The first-order chi connectivity index (χ1) is 17.5. The molecule has 36 heavy (non-hydrogen) atoms. The van der Waals surface area contributed by atoms with E-state index in [-0.39, 0.29) is 5.78 Å². The van der Waals surface area contributed by atoms with Gasteiger partial charge in [-0.25, -0.2) is 4.98 Å². The summed E-state index contributed by atoms with van der Waals surface area (Å²) in [7, 11) is 4.08. The zero-order valence-corrected chi connectivity index (χ0v) is 20.8. The average Bonchev–Trinajstić information content (AvgIpc) is 3.60. The highest BCUT2D eigenvalue weighted by molar-refractivity contribution is 7.17. The Balaban J connectivity index is 1.43. The van der Waals surface area contributed by atoms with Crippen molar-refractivity contribution in [3.8, 4) is 33.1 Å². The minimum absolute atomic E-state index is 0.0582. The predicted molar refractivity (Wildman–Crippen MR) is 143 cm³/mol. The van der Waals surface area contributed by atoms with Crippen molar-refractivity contribution in [3.63, 3.8) is 0 Å². The third kappa shape index (κ3) is 3.98. The summed E-state index contributed by atoms with van der Waals surface area (Å²) in [4.78, 5) is 32.7. The van der Waals surface area contributed by atoms with E-state index in [9.17, 15) is 4.79 Å². The molecule has 6 aromatic heterocycles. The molecule has 6 rings (SSSR count). The molecule has 0 bridgehead atoms. The molecule has 6 aromatic rings. The SMILES string of the molecule is CC(=O)c1ccc(-c2nccc3[nH]c(-c4[nH]nc5ncc(-c6cncc(CN(C)C)c6)cc45)cc23)s1. The van der Waals surface area contributed by atoms with Crippen LogP contribution in [0.3, 0.4) is 0 Å². The average molecular weight is 494 g/mol. The largest absolute Gasteiger partial charge is 0.353 e. The van der Waals surface area contributed by atoms with Crippen LogP contribution in [0.15, 0.2) is 61.2 Å². The van der Waals surface area contributed by atoms with Crippen molar-refractivity contribution in [1.29, 1.82) is 0 Å². The first-order valence-electron chi connectivity index (χ1n) is 11.5. The molecule has 0 saturated heterocycles. The first-order valence-corrected chi connectivity index (χ1v) is 12.3. The number of carbonyl (C=O) groups excluding carboxylic acids is 1. The molecule has 2 N–H and O–H groups in total. The summed E-state index contributed by atoms with van der Waals surface area (Å²) >= 11 is 1.46. The Morgan fingerprint density at radius 1 is 1.00 bits per heavy atom. The van der Waals surface area contributed by atoms with E-state index >= 15 is 0 Å². The van der Waals surface area contributed by atoms with E-state index in [0.29, 0.717) is 5.65 Å². The van der Waals surface area contributed by atoms with Crippen LogP contribution in [0.5, 0.6) is 0 Å². The number of hydrogen-bond acceptors (Lipinski definition) is 7. The molecular formula is C27H23N7OS. The summed E-state index contributed by atoms with van der Waals surface area (Å²) in [5.74, 6) is 0.0582. The van der Waals surface area contributed by atoms with Crippen LogP contribution in [0.25, 0.3) is 55.0 Å². The van der Waals surface area contributed by atoms with Gasteiger partial charge in [0.1, 0.15) is 0 Å². The van der Waals surface area contributed by atoms with Gasteiger partial charge in [-0.2, -0.15) is 5.10 Å². The molecule has 8 nitrogen and oxygen atoms in total. The van der Waals surface area contributed by atoms with Crippen molar-refractivity contribution in [3.05, 3.63) is 71.6 Å². The fourth-order valence-corrected chi connectivity index (χ4v) is 5.31. The number of Topliss-reactive ketones (excluding diaryl/α,β-unsaturated/α-hetero) is 1. The van der Waals surface area contributed by atoms with Gasteiger partial charge in [-0.15, -0.1) is 11.3 Å². The second-order valence-electron chi connectivity index (χ2n) is 9.04. The van der Waals surface area contributed by atoms with Gasteiger partial charge in [-0.05, 0) is 63.0 Å². The lowest BCUT2D eigenvalue weighted by atomic mass is 10.1. The minimum atomic E-state index is 0.0582. The number of hydrogen-bond donors (Lipinski definition) is 2. The molecule has 0 aliphatic carbocycles. The van der Waals surface area contributed by atoms with Gasteiger partial charge in [0.15, 0.2) is 11.4 Å². The number of nitrogens with one attached hydrogen (secondary N) is 2. The van der Waals surface area contributed by atoms with Gasteiger partial charge in [-0.1, -0.05) is 0 Å². The maximum absolute atomic E-state index is 11.8. The Labute approximate surface area is 211 Å². The molecule has 0 aliphatic heterocycles. The Morgan fingerprint density at radius 3 is 2.67 bits per heavy atom. The van der Waals surface area contributed by atoms with Crippen molar-refractivity contribution in [1.82, 2.24) is 35.0 Å². The van der Waals surface area contributed by atoms with Gasteiger partial charge in [-0.3, -0.25) is 19.9 Å². The number of fused-ring (bicyclic) bond motifs is 2. The number of nitrogens with zero attached hydrogens (tertiary/aromatic N) is 5. The molecule has 0 atom stereocenters. The van der Waals surface area contributed by atoms with Crippen molar-refractivity contribution in [2.75, 3.05) is 14.1 Å². The van der Waals surface area contributed by atoms with Crippen molar-refractivity contribution >= 4 is 39.1 Å². The Morgan fingerprint density at radius 2 is 1.86 bits per heavy atom. The number of aromatic amines is 2. The molecule has 0 amide bonds. The maximum Gasteiger partial charge on any atom is 0.181 e. The number of carbonyl (C=O) groups is 1. The topological polar surface area (TPSA) is 103 Å². The number of ketones is 1. The van der Waals surface area contributed by atoms with Gasteiger partial charge < -0.3 is 9.88 Å². The van der Waals surface area contributed by atoms with Gasteiger partial charge in [0.05, 0.1) is 26.8 Å². The summed E-state index contributed by atoms with van der Waals surface area (Å²) in [5, 5.41) is 9.49. The Kier molecular flexibility index (Phi) is 5.43. The minimum Gasteiger partial charge on any atom is -0.353 e. The van der Waals surface area contributed by atoms with Gasteiger partial charge >= 0.3 is 0 Å². The van der Waals surface area contributed by atoms with Gasteiger partial charge in [0.25, 0.3) is 0 Å². The highest BCUT2D eigenvalue weighted by Gasteiger charge is 2.16. The molecule has 6 heterocycles. The van der Waals surface area contributed by atoms with E-state index < -0.39 is 0 Å². The molecule has 0 saturated carbocycles. The van der Waals surface area contributed by atoms with E-state index in [1.807, 2.05) is 50.9 Å². The van der Waals surface area contributed by atoms with Crippen LogP contribution in [0, 0.1) is 0 Å². The molecule has 9 heteroatoms. The van der Waals surface area contributed by atoms with Crippen LogP contribution < -0.4 is 0 Å². The van der Waals surface area contributed by atoms with Crippen LogP contribution in [-0.4, -0.2) is 54.9 Å². The first kappa shape index (κ1) is 22.3. The van der Waals surface area contributed by atoms with E-state index in [1.165, 1.54) is 11.3 Å². The molecule has 0 aliphatic rings. The highest BCUT2D eigenvalue weighted by Crippen LogP contribution is 2.36. The predicted octanol–water partition coefficient (Wildman–Crippen LogP) is 5.56. The molecule has 0 unspecified atom stereocenters. The van der Waals surface area contributed by atoms with E-state index in [1.54, 1.807) is 13.1 Å². The second-order valence-corrected chi connectivity index (χ2v) is 10.1. The second kappa shape index (κ2) is 8.78. The molecule has 0 radical (unpaired) electrons. The van der Waals surface area contributed by atoms with Crippen LogP contribution in [-0.2, 0) is 6.54 Å². The molecule has 0 aromatic carbocycles. The van der Waals surface area contributed by atoms with Crippen LogP contribution in [0.2, 0.25) is 0 Å². The van der Waals surface area contributed by atoms with Crippen LogP contribution in [0.1, 0.15) is 22.2 Å². The maximum atomic E-state index is 11.8. The van der Waals surface area contributed by atoms with Gasteiger partial charge in [0, 0.05) is 58.7 Å². The molecule has 0 spiro atoms. The van der Waals surface area contributed by atoms with Gasteiger partial charge in [0.2, 0.25) is 0 Å². The van der Waals surface area contributed by atoms with Crippen molar-refractivity contribution in [2.24, 2.45) is 0 Å². The van der Waals surface area contributed by atoms with Crippen molar-refractivity contribution < 1.29 is 4.79 Å². The third-order valence-electron chi connectivity index (χ3n) is 6.04. The summed E-state index contributed by atoms with van der Waals surface area (Å²) in [5.41, 5.74) is 7.33. The molecular weight excluding hydrogens is 470 g/mol. The zero-order valence-electron chi connectivity index (χ0n) is 20.0. The monoisotopic (exact) mass is 493 g/mol. The molecule has 0 fully saturated rings. The fourth-order valence-electron chi connectivity index (χ4n) is 4.40. The Hall–Kier alpha value is -4.21. The lowest BCUT2D eigenvalue weighted by molar-refractivity contribution is 0.102. The Bertz CT molecular complexity index is 1740. The summed E-state index contributed by atoms with van der Waals surface area (Å²) in [6, 6.07) is 12.1. The number of pyridine rings is 3. The van der Waals surface area contributed by atoms with E-state index in [4.69, 9.17) is 0 Å². The quantitative estimate of drug-likeness (QED) is 0.295. The van der Waals surface area contributed by atoms with Crippen LogP contribution in [0.4, 0.5) is 0 Å². The summed E-state index contributed by atoms with van der Waals surface area (Å²) < 4.78 is 0.